The van der Waals surface area contributed by atoms with Crippen molar-refractivity contribution in [1.82, 2.24) is 15.0 Å². The monoisotopic (exact) mass is 176 g/mol. The Kier molecular flexibility index (Phi) is 2.04. The van der Waals surface area contributed by atoms with Crippen LogP contribution in [0.5, 0.6) is 0 Å². The highest BCUT2D eigenvalue weighted by atomic mass is 35.5. The molecule has 60 valence electrons. The summed E-state index contributed by atoms with van der Waals surface area (Å²) in [5.74, 6) is -0.395. The van der Waals surface area contributed by atoms with E-state index >= 15 is 0 Å². The minimum absolute atomic E-state index is 0.0301. The molecule has 0 bridgehead atoms. The summed E-state index contributed by atoms with van der Waals surface area (Å²) in [4.78, 5) is 9.49. The van der Waals surface area contributed by atoms with Crippen molar-refractivity contribution >= 4 is 17.4 Å². The highest BCUT2D eigenvalue weighted by molar-refractivity contribution is 6.31. The highest BCUT2D eigenvalue weighted by Gasteiger charge is 2.20. The fourth-order valence-corrected chi connectivity index (χ4v) is 0.866. The van der Waals surface area contributed by atoms with Crippen LogP contribution in [0.1, 0.15) is 6.92 Å². The van der Waals surface area contributed by atoms with Crippen LogP contribution in [0.25, 0.3) is 0 Å². The molecule has 0 aliphatic carbocycles. The molecule has 7 heteroatoms. The van der Waals surface area contributed by atoms with Gasteiger partial charge in [-0.05, 0) is 11.8 Å². The number of hydrogen-bond acceptors (Lipinski definition) is 4. The van der Waals surface area contributed by atoms with Crippen molar-refractivity contribution in [1.29, 1.82) is 0 Å². The van der Waals surface area contributed by atoms with E-state index in [4.69, 9.17) is 11.6 Å². The molecule has 1 aromatic rings. The molecule has 0 aliphatic heterocycles. The molecule has 0 N–H and O–H groups in total. The Hall–Kier alpha value is -1.17. The van der Waals surface area contributed by atoms with Gasteiger partial charge in [-0.3, -0.25) is 0 Å². The zero-order valence-electron chi connectivity index (χ0n) is 5.69. The summed E-state index contributed by atoms with van der Waals surface area (Å²) in [6.45, 7) is 2.24. The number of aryl methyl sites for hydroxylation is 1. The predicted molar refractivity (Wildman–Crippen MR) is 37.4 cm³/mol. The quantitative estimate of drug-likeness (QED) is 0.495. The SMILES string of the molecule is CCn1nnc([N+](=O)[O-])c1Cl. The van der Waals surface area contributed by atoms with Gasteiger partial charge in [-0.2, -0.15) is 0 Å². The lowest BCUT2D eigenvalue weighted by Crippen LogP contribution is -1.96. The normalized spacial score (nSPS) is 10.0. The zero-order valence-corrected chi connectivity index (χ0v) is 6.45. The van der Waals surface area contributed by atoms with E-state index in [-0.39, 0.29) is 5.15 Å². The minimum Gasteiger partial charge on any atom is -0.358 e. The molecule has 0 unspecified atom stereocenters. The van der Waals surface area contributed by atoms with Gasteiger partial charge in [-0.1, -0.05) is 11.6 Å². The topological polar surface area (TPSA) is 73.8 Å². The first-order valence-electron chi connectivity index (χ1n) is 2.90. The number of aromatic nitrogens is 3. The van der Waals surface area contributed by atoms with Crippen LogP contribution in [-0.4, -0.2) is 19.9 Å². The minimum atomic E-state index is -0.665. The molecule has 0 aromatic carbocycles. The van der Waals surface area contributed by atoms with Gasteiger partial charge in [0.25, 0.3) is 0 Å². The second-order valence-electron chi connectivity index (χ2n) is 1.78. The van der Waals surface area contributed by atoms with Gasteiger partial charge in [0.2, 0.25) is 5.15 Å². The first kappa shape index (κ1) is 7.93. The lowest BCUT2D eigenvalue weighted by molar-refractivity contribution is -0.389. The fourth-order valence-electron chi connectivity index (χ4n) is 0.606. The molecule has 11 heavy (non-hydrogen) atoms. The Morgan fingerprint density at radius 3 is 2.73 bits per heavy atom. The molecule has 0 atom stereocenters. The van der Waals surface area contributed by atoms with Crippen molar-refractivity contribution in [2.45, 2.75) is 13.5 Å². The van der Waals surface area contributed by atoms with Gasteiger partial charge in [-0.25, -0.2) is 4.68 Å². The van der Waals surface area contributed by atoms with Crippen LogP contribution in [0, 0.1) is 10.1 Å². The Balaban J connectivity index is 3.10. The van der Waals surface area contributed by atoms with E-state index in [0.29, 0.717) is 6.54 Å². The van der Waals surface area contributed by atoms with Crippen molar-refractivity contribution in [3.63, 3.8) is 0 Å². The van der Waals surface area contributed by atoms with Crippen LogP contribution >= 0.6 is 11.6 Å². The summed E-state index contributed by atoms with van der Waals surface area (Å²) in [6, 6.07) is 0. The number of nitrogens with zero attached hydrogens (tertiary/aromatic N) is 4. The molecular weight excluding hydrogens is 172 g/mol. The van der Waals surface area contributed by atoms with Crippen molar-refractivity contribution in [3.8, 4) is 0 Å². The van der Waals surface area contributed by atoms with Gasteiger partial charge < -0.3 is 10.1 Å². The number of nitro groups is 1. The Morgan fingerprint density at radius 1 is 1.82 bits per heavy atom. The molecule has 0 saturated heterocycles. The van der Waals surface area contributed by atoms with Gasteiger partial charge in [0.15, 0.2) is 0 Å². The Labute approximate surface area is 66.9 Å². The molecule has 1 rings (SSSR count). The van der Waals surface area contributed by atoms with Crippen molar-refractivity contribution < 1.29 is 4.92 Å². The smallest absolute Gasteiger partial charge is 0.358 e. The number of halogens is 1. The first-order valence-corrected chi connectivity index (χ1v) is 3.28. The van der Waals surface area contributed by atoms with Gasteiger partial charge in [0, 0.05) is 6.54 Å². The molecule has 1 heterocycles. The van der Waals surface area contributed by atoms with Gasteiger partial charge in [-0.15, -0.1) is 0 Å². The fraction of sp³-hybridized carbons (Fsp3) is 0.500. The molecule has 0 spiro atoms. The Bertz CT molecular complexity index is 284. The third-order valence-corrected chi connectivity index (χ3v) is 1.50. The van der Waals surface area contributed by atoms with Gasteiger partial charge in [0.05, 0.1) is 5.21 Å². The van der Waals surface area contributed by atoms with Crippen LogP contribution in [0.3, 0.4) is 0 Å². The average molecular weight is 177 g/mol. The molecule has 0 aliphatic rings. The van der Waals surface area contributed by atoms with E-state index in [2.05, 4.69) is 10.3 Å². The van der Waals surface area contributed by atoms with E-state index in [9.17, 15) is 10.1 Å². The van der Waals surface area contributed by atoms with Gasteiger partial charge >= 0.3 is 5.82 Å². The molecule has 6 nitrogen and oxygen atoms in total. The predicted octanol–water partition coefficient (Wildman–Crippen LogP) is 0.860. The first-order chi connectivity index (χ1) is 5.16. The van der Waals surface area contributed by atoms with Crippen LogP contribution in [-0.2, 0) is 6.54 Å². The molecule has 0 radical (unpaired) electrons. The molecule has 0 saturated carbocycles. The second-order valence-corrected chi connectivity index (χ2v) is 2.13. The summed E-state index contributed by atoms with van der Waals surface area (Å²) >= 11 is 5.52. The molecular formula is C4H5ClN4O2. The van der Waals surface area contributed by atoms with E-state index in [1.165, 1.54) is 4.68 Å². The largest absolute Gasteiger partial charge is 0.429 e. The third kappa shape index (κ3) is 1.30. The van der Waals surface area contributed by atoms with E-state index < -0.39 is 10.7 Å². The summed E-state index contributed by atoms with van der Waals surface area (Å²) in [6.07, 6.45) is 0. The van der Waals surface area contributed by atoms with Crippen molar-refractivity contribution in [2.75, 3.05) is 0 Å². The molecule has 0 fully saturated rings. The maximum Gasteiger partial charge on any atom is 0.429 e. The second kappa shape index (κ2) is 2.83. The van der Waals surface area contributed by atoms with Crippen LogP contribution in [0.2, 0.25) is 5.15 Å². The lowest BCUT2D eigenvalue weighted by atomic mass is 10.7. The van der Waals surface area contributed by atoms with E-state index in [1.807, 2.05) is 0 Å². The summed E-state index contributed by atoms with van der Waals surface area (Å²) in [5.41, 5.74) is 0. The summed E-state index contributed by atoms with van der Waals surface area (Å²) in [5, 5.41) is 16.8. The van der Waals surface area contributed by atoms with E-state index in [1.54, 1.807) is 6.92 Å². The maximum atomic E-state index is 10.2. The highest BCUT2D eigenvalue weighted by Crippen LogP contribution is 2.19. The number of rotatable bonds is 2. The zero-order chi connectivity index (χ0) is 8.43. The summed E-state index contributed by atoms with van der Waals surface area (Å²) in [7, 11) is 0. The number of hydrogen-bond donors (Lipinski definition) is 0. The lowest BCUT2D eigenvalue weighted by Gasteiger charge is -1.90. The summed E-state index contributed by atoms with van der Waals surface area (Å²) < 4.78 is 1.25. The Morgan fingerprint density at radius 2 is 2.45 bits per heavy atom. The maximum absolute atomic E-state index is 10.2. The molecule has 0 amide bonds. The van der Waals surface area contributed by atoms with Crippen molar-refractivity contribution in [3.05, 3.63) is 15.3 Å². The van der Waals surface area contributed by atoms with Crippen LogP contribution in [0.4, 0.5) is 5.82 Å². The van der Waals surface area contributed by atoms with Crippen molar-refractivity contribution in [2.24, 2.45) is 0 Å². The standard InChI is InChI=1S/C4H5ClN4O2/c1-2-8-3(5)4(6-7-8)9(10)11/h2H2,1H3. The average Bonchev–Trinajstić information content (AvgIpc) is 2.30. The van der Waals surface area contributed by atoms with Crippen LogP contribution < -0.4 is 0 Å². The third-order valence-electron chi connectivity index (χ3n) is 1.13. The van der Waals surface area contributed by atoms with Crippen LogP contribution in [0.15, 0.2) is 0 Å². The van der Waals surface area contributed by atoms with Gasteiger partial charge in [0.1, 0.15) is 5.10 Å². The van der Waals surface area contributed by atoms with E-state index in [0.717, 1.165) is 0 Å². The molecule has 1 aromatic heterocycles.